The Morgan fingerprint density at radius 2 is 1.84 bits per heavy atom. The zero-order valence-electron chi connectivity index (χ0n) is 18.2. The molecule has 2 heterocycles. The third-order valence-electron chi connectivity index (χ3n) is 5.93. The number of carbonyl (C=O) groups excluding carboxylic acids is 3. The molecule has 0 aliphatic carbocycles. The smallest absolute Gasteiger partial charge is 0.329 e. The summed E-state index contributed by atoms with van der Waals surface area (Å²) in [7, 11) is 0. The van der Waals surface area contributed by atoms with Gasteiger partial charge in [0.1, 0.15) is 11.9 Å². The van der Waals surface area contributed by atoms with E-state index in [1.165, 1.54) is 0 Å². The molecule has 3 atom stereocenters. The van der Waals surface area contributed by atoms with Crippen molar-refractivity contribution < 1.29 is 14.4 Å². The Labute approximate surface area is 186 Å². The minimum absolute atomic E-state index is 0.118. The monoisotopic (exact) mass is 433 g/mol. The predicted octanol–water partition coefficient (Wildman–Crippen LogP) is 3.67. The number of imide groups is 1. The molecule has 0 radical (unpaired) electrons. The molecular formula is C24H27N5O3. The van der Waals surface area contributed by atoms with Crippen LogP contribution in [0.4, 0.5) is 10.5 Å². The first-order chi connectivity index (χ1) is 15.5. The van der Waals surface area contributed by atoms with Crippen molar-refractivity contribution >= 4 is 34.6 Å². The SMILES string of the molecule is CCC(C)C(NC(=O)CCC1NC(=O)N(c2ccccc2)C1=O)c1nc2ccccc2[nH]1. The molecule has 1 aliphatic heterocycles. The van der Waals surface area contributed by atoms with Gasteiger partial charge >= 0.3 is 6.03 Å². The molecule has 32 heavy (non-hydrogen) atoms. The maximum absolute atomic E-state index is 12.8. The average molecular weight is 434 g/mol. The lowest BCUT2D eigenvalue weighted by molar-refractivity contribution is -0.122. The number of amides is 4. The van der Waals surface area contributed by atoms with Crippen LogP contribution >= 0.6 is 0 Å². The standard InChI is InChI=1S/C24H27N5O3/c1-3-15(2)21(22-25-17-11-7-8-12-18(17)26-22)28-20(30)14-13-19-23(31)29(24(32)27-19)16-9-5-4-6-10-16/h4-12,15,19,21H,3,13-14H2,1-2H3,(H,25,26)(H,27,32)(H,28,30). The highest BCUT2D eigenvalue weighted by Crippen LogP contribution is 2.25. The molecule has 0 saturated carbocycles. The summed E-state index contributed by atoms with van der Waals surface area (Å²) in [6, 6.07) is 15.1. The van der Waals surface area contributed by atoms with Crippen molar-refractivity contribution in [1.82, 2.24) is 20.6 Å². The van der Waals surface area contributed by atoms with E-state index < -0.39 is 12.1 Å². The summed E-state index contributed by atoms with van der Waals surface area (Å²) in [5.74, 6) is 0.357. The largest absolute Gasteiger partial charge is 0.346 e. The number of anilines is 1. The van der Waals surface area contributed by atoms with Crippen LogP contribution in [-0.4, -0.2) is 33.9 Å². The number of urea groups is 1. The second-order valence-electron chi connectivity index (χ2n) is 8.12. The first kappa shape index (κ1) is 21.5. The van der Waals surface area contributed by atoms with Crippen molar-refractivity contribution in [2.45, 2.75) is 45.2 Å². The van der Waals surface area contributed by atoms with Gasteiger partial charge in [-0.15, -0.1) is 0 Å². The fourth-order valence-corrected chi connectivity index (χ4v) is 3.91. The van der Waals surface area contributed by atoms with Crippen molar-refractivity contribution in [2.24, 2.45) is 5.92 Å². The highest BCUT2D eigenvalue weighted by molar-refractivity contribution is 6.21. The van der Waals surface area contributed by atoms with Gasteiger partial charge in [0.05, 0.1) is 22.8 Å². The molecule has 4 rings (SSSR count). The fraction of sp³-hybridized carbons (Fsp3) is 0.333. The summed E-state index contributed by atoms with van der Waals surface area (Å²) in [5, 5.41) is 5.75. The third-order valence-corrected chi connectivity index (χ3v) is 5.93. The molecule has 166 valence electrons. The number of benzene rings is 2. The summed E-state index contributed by atoms with van der Waals surface area (Å²) >= 11 is 0. The zero-order chi connectivity index (χ0) is 22.7. The third kappa shape index (κ3) is 4.34. The lowest BCUT2D eigenvalue weighted by atomic mass is 9.98. The molecule has 1 aromatic heterocycles. The van der Waals surface area contributed by atoms with Crippen LogP contribution in [0.5, 0.6) is 0 Å². The van der Waals surface area contributed by atoms with E-state index in [1.54, 1.807) is 24.3 Å². The molecule has 2 aromatic carbocycles. The van der Waals surface area contributed by atoms with Crippen molar-refractivity contribution in [3.8, 4) is 0 Å². The first-order valence-corrected chi connectivity index (χ1v) is 10.9. The van der Waals surface area contributed by atoms with E-state index >= 15 is 0 Å². The normalized spacial score (nSPS) is 17.9. The van der Waals surface area contributed by atoms with Crippen LogP contribution in [0, 0.1) is 5.92 Å². The van der Waals surface area contributed by atoms with E-state index in [4.69, 9.17) is 0 Å². The number of nitrogens with one attached hydrogen (secondary N) is 3. The zero-order valence-corrected chi connectivity index (χ0v) is 18.2. The molecule has 0 bridgehead atoms. The van der Waals surface area contributed by atoms with Crippen LogP contribution in [-0.2, 0) is 9.59 Å². The second-order valence-corrected chi connectivity index (χ2v) is 8.12. The van der Waals surface area contributed by atoms with E-state index in [-0.39, 0.29) is 36.6 Å². The molecule has 1 fully saturated rings. The van der Waals surface area contributed by atoms with Crippen LogP contribution in [0.3, 0.4) is 0 Å². The Morgan fingerprint density at radius 1 is 1.12 bits per heavy atom. The van der Waals surface area contributed by atoms with Gasteiger partial charge in [-0.1, -0.05) is 50.6 Å². The van der Waals surface area contributed by atoms with Gasteiger partial charge in [0, 0.05) is 6.42 Å². The Hall–Kier alpha value is -3.68. The first-order valence-electron chi connectivity index (χ1n) is 10.9. The van der Waals surface area contributed by atoms with Gasteiger partial charge < -0.3 is 15.6 Å². The van der Waals surface area contributed by atoms with Crippen molar-refractivity contribution in [1.29, 1.82) is 0 Å². The number of rotatable bonds is 8. The number of aromatic nitrogens is 2. The topological polar surface area (TPSA) is 107 Å². The van der Waals surface area contributed by atoms with Crippen molar-refractivity contribution in [2.75, 3.05) is 4.90 Å². The number of fused-ring (bicyclic) bond motifs is 1. The molecular weight excluding hydrogens is 406 g/mol. The summed E-state index contributed by atoms with van der Waals surface area (Å²) in [5.41, 5.74) is 2.29. The number of aromatic amines is 1. The maximum Gasteiger partial charge on any atom is 0.329 e. The number of hydrogen-bond acceptors (Lipinski definition) is 4. The molecule has 1 saturated heterocycles. The minimum Gasteiger partial charge on any atom is -0.346 e. The molecule has 0 spiro atoms. The second kappa shape index (κ2) is 9.21. The van der Waals surface area contributed by atoms with E-state index in [1.807, 2.05) is 30.3 Å². The lowest BCUT2D eigenvalue weighted by Gasteiger charge is -2.22. The van der Waals surface area contributed by atoms with Gasteiger partial charge in [0.2, 0.25) is 5.91 Å². The summed E-state index contributed by atoms with van der Waals surface area (Å²) < 4.78 is 0. The molecule has 3 unspecified atom stereocenters. The number of H-pyrrole nitrogens is 1. The molecule has 3 N–H and O–H groups in total. The summed E-state index contributed by atoms with van der Waals surface area (Å²) in [6.07, 6.45) is 1.21. The van der Waals surface area contributed by atoms with Gasteiger partial charge in [-0.2, -0.15) is 0 Å². The number of hydrogen-bond donors (Lipinski definition) is 3. The van der Waals surface area contributed by atoms with Gasteiger partial charge in [0.15, 0.2) is 0 Å². The molecule has 3 aromatic rings. The lowest BCUT2D eigenvalue weighted by Crippen LogP contribution is -2.35. The van der Waals surface area contributed by atoms with Crippen LogP contribution in [0.2, 0.25) is 0 Å². The molecule has 4 amide bonds. The van der Waals surface area contributed by atoms with Crippen LogP contribution in [0.1, 0.15) is 45.0 Å². The Kier molecular flexibility index (Phi) is 6.20. The average Bonchev–Trinajstić information content (AvgIpc) is 3.36. The van der Waals surface area contributed by atoms with Gasteiger partial charge in [-0.05, 0) is 36.6 Å². The van der Waals surface area contributed by atoms with E-state index in [9.17, 15) is 14.4 Å². The van der Waals surface area contributed by atoms with Gasteiger partial charge in [-0.3, -0.25) is 9.59 Å². The fourth-order valence-electron chi connectivity index (χ4n) is 3.91. The number of para-hydroxylation sites is 3. The number of nitrogens with zero attached hydrogens (tertiary/aromatic N) is 2. The van der Waals surface area contributed by atoms with Gasteiger partial charge in [-0.25, -0.2) is 14.7 Å². The molecule has 8 heteroatoms. The Balaban J connectivity index is 1.40. The number of imidazole rings is 1. The van der Waals surface area contributed by atoms with Crippen LogP contribution in [0.25, 0.3) is 11.0 Å². The van der Waals surface area contributed by atoms with E-state index in [0.717, 1.165) is 28.2 Å². The van der Waals surface area contributed by atoms with E-state index in [2.05, 4.69) is 34.4 Å². The summed E-state index contributed by atoms with van der Waals surface area (Å²) in [4.78, 5) is 46.9. The number of carbonyl (C=O) groups is 3. The van der Waals surface area contributed by atoms with Crippen LogP contribution in [0.15, 0.2) is 54.6 Å². The predicted molar refractivity (Wildman–Crippen MR) is 122 cm³/mol. The Morgan fingerprint density at radius 3 is 2.56 bits per heavy atom. The molecule has 8 nitrogen and oxygen atoms in total. The molecule has 1 aliphatic rings. The minimum atomic E-state index is -0.721. The Bertz CT molecular complexity index is 1090. The van der Waals surface area contributed by atoms with Gasteiger partial charge in [0.25, 0.3) is 5.91 Å². The summed E-state index contributed by atoms with van der Waals surface area (Å²) in [6.45, 7) is 4.13. The van der Waals surface area contributed by atoms with Crippen molar-refractivity contribution in [3.63, 3.8) is 0 Å². The highest BCUT2D eigenvalue weighted by atomic mass is 16.2. The van der Waals surface area contributed by atoms with Crippen LogP contribution < -0.4 is 15.5 Å². The van der Waals surface area contributed by atoms with E-state index in [0.29, 0.717) is 5.69 Å². The quantitative estimate of drug-likeness (QED) is 0.471. The maximum atomic E-state index is 12.8. The highest BCUT2D eigenvalue weighted by Gasteiger charge is 2.39. The van der Waals surface area contributed by atoms with Crippen molar-refractivity contribution in [3.05, 3.63) is 60.4 Å².